The van der Waals surface area contributed by atoms with Gasteiger partial charge in [-0.3, -0.25) is 4.79 Å². The Balaban J connectivity index is 3.84. The quantitative estimate of drug-likeness (QED) is 0.266. The molecule has 1 rings (SSSR count). The zero-order chi connectivity index (χ0) is 31.6. The largest absolute Gasteiger partial charge is 0.462 e. The number of carbonyl (C=O) groups excluding carboxylic acids is 1. The van der Waals surface area contributed by atoms with E-state index in [2.05, 4.69) is 0 Å². The molecular formula is C23H32F12O4. The van der Waals surface area contributed by atoms with Crippen LogP contribution in [0.4, 0.5) is 52.7 Å². The third-order valence-corrected chi connectivity index (χ3v) is 8.26. The first-order valence-electron chi connectivity index (χ1n) is 11.6. The fourth-order valence-corrected chi connectivity index (χ4v) is 5.30. The van der Waals surface area contributed by atoms with Crippen LogP contribution in [-0.4, -0.2) is 58.2 Å². The number of esters is 1. The molecule has 1 aliphatic rings. The number of rotatable bonds is 4. The van der Waals surface area contributed by atoms with E-state index in [1.165, 1.54) is 48.5 Å². The molecule has 0 aliphatic heterocycles. The lowest BCUT2D eigenvalue weighted by molar-refractivity contribution is -0.405. The predicted molar refractivity (Wildman–Crippen MR) is 112 cm³/mol. The van der Waals surface area contributed by atoms with Gasteiger partial charge in [0.2, 0.25) is 0 Å². The monoisotopic (exact) mass is 600 g/mol. The highest BCUT2D eigenvalue weighted by atomic mass is 19.4. The first kappa shape index (κ1) is 35.6. The summed E-state index contributed by atoms with van der Waals surface area (Å²) in [5.74, 6) is -8.11. The Morgan fingerprint density at radius 2 is 0.821 bits per heavy atom. The van der Waals surface area contributed by atoms with Crippen LogP contribution in [0.3, 0.4) is 0 Å². The van der Waals surface area contributed by atoms with Gasteiger partial charge >= 0.3 is 30.7 Å². The molecule has 0 saturated heterocycles. The summed E-state index contributed by atoms with van der Waals surface area (Å²) >= 11 is 0. The zero-order valence-electron chi connectivity index (χ0n) is 22.1. The minimum absolute atomic E-state index is 1.03. The van der Waals surface area contributed by atoms with Crippen LogP contribution in [0, 0.1) is 28.1 Å². The number of hydrogen-bond donors (Lipinski definition) is 2. The van der Waals surface area contributed by atoms with Crippen LogP contribution in [0.2, 0.25) is 0 Å². The lowest BCUT2D eigenvalue weighted by atomic mass is 9.55. The Kier molecular flexibility index (Phi) is 8.97. The van der Waals surface area contributed by atoms with Crippen molar-refractivity contribution in [3.63, 3.8) is 0 Å². The molecule has 1 aliphatic carbocycles. The van der Waals surface area contributed by atoms with Gasteiger partial charge in [-0.15, -0.1) is 0 Å². The average molecular weight is 600 g/mol. The summed E-state index contributed by atoms with van der Waals surface area (Å²) < 4.78 is 168. The molecule has 0 radical (unpaired) electrons. The van der Waals surface area contributed by atoms with E-state index in [0.29, 0.717) is 0 Å². The molecule has 0 spiro atoms. The highest BCUT2D eigenvalue weighted by molar-refractivity contribution is 5.78. The van der Waals surface area contributed by atoms with Crippen molar-refractivity contribution in [2.75, 3.05) is 0 Å². The topological polar surface area (TPSA) is 66.8 Å². The van der Waals surface area contributed by atoms with E-state index < -0.39 is 95.3 Å². The maximum atomic E-state index is 13.6. The molecule has 232 valence electrons. The highest BCUT2D eigenvalue weighted by Crippen LogP contribution is 2.59. The number of carbonyl (C=O) groups is 1. The van der Waals surface area contributed by atoms with Crippen LogP contribution in [0.25, 0.3) is 0 Å². The molecule has 39 heavy (non-hydrogen) atoms. The van der Waals surface area contributed by atoms with Crippen molar-refractivity contribution in [1.29, 1.82) is 0 Å². The highest BCUT2D eigenvalue weighted by Gasteiger charge is 2.78. The van der Waals surface area contributed by atoms with E-state index >= 15 is 0 Å². The molecule has 0 aromatic rings. The summed E-state index contributed by atoms with van der Waals surface area (Å²) in [6.45, 7) is 10.4. The van der Waals surface area contributed by atoms with Crippen LogP contribution in [0.5, 0.6) is 0 Å². The third kappa shape index (κ3) is 5.82. The van der Waals surface area contributed by atoms with Crippen LogP contribution in [0.1, 0.15) is 67.7 Å². The van der Waals surface area contributed by atoms with Gasteiger partial charge in [-0.1, -0.05) is 41.5 Å². The molecule has 1 fully saturated rings. The van der Waals surface area contributed by atoms with Crippen molar-refractivity contribution in [2.45, 2.75) is 110 Å². The van der Waals surface area contributed by atoms with Gasteiger partial charge in [0, 0.05) is 11.8 Å². The maximum absolute atomic E-state index is 13.6. The molecule has 2 unspecified atom stereocenters. The lowest BCUT2D eigenvalue weighted by Gasteiger charge is -2.51. The summed E-state index contributed by atoms with van der Waals surface area (Å²) in [6.07, 6.45) is -34.2. The van der Waals surface area contributed by atoms with Crippen molar-refractivity contribution >= 4 is 5.97 Å². The number of ether oxygens (including phenoxy) is 1. The van der Waals surface area contributed by atoms with E-state index in [-0.39, 0.29) is 0 Å². The minimum atomic E-state index is -6.60. The predicted octanol–water partition coefficient (Wildman–Crippen LogP) is 7.12. The summed E-state index contributed by atoms with van der Waals surface area (Å²) in [5.41, 5.74) is -15.2. The van der Waals surface area contributed by atoms with Crippen molar-refractivity contribution in [3.05, 3.63) is 0 Å². The smallest absolute Gasteiger partial charge is 0.426 e. The van der Waals surface area contributed by atoms with Crippen molar-refractivity contribution in [2.24, 2.45) is 28.1 Å². The van der Waals surface area contributed by atoms with Crippen LogP contribution in [-0.2, 0) is 9.53 Å². The standard InChI is InChI=1S/C23H32F12O4/c1-15(2,3)17(7,16(4,5)6)14(36)39-13-9-11(18(37,20(24,25)26)21(27,28)29)8-12(10-13)19(38,22(30,31)32)23(33,34)35/h11-13,37-38H,8-10H2,1-7H3. The van der Waals surface area contributed by atoms with Gasteiger partial charge in [-0.25, -0.2) is 0 Å². The number of alkyl halides is 12. The Morgan fingerprint density at radius 3 is 1.03 bits per heavy atom. The Bertz CT molecular complexity index is 800. The lowest BCUT2D eigenvalue weighted by Crippen LogP contribution is -2.67. The Hall–Kier alpha value is -1.45. The van der Waals surface area contributed by atoms with Gasteiger partial charge in [-0.05, 0) is 37.0 Å². The van der Waals surface area contributed by atoms with Gasteiger partial charge in [0.15, 0.2) is 0 Å². The van der Waals surface area contributed by atoms with Crippen LogP contribution < -0.4 is 0 Å². The molecule has 1 saturated carbocycles. The maximum Gasteiger partial charge on any atom is 0.426 e. The second-order valence-corrected chi connectivity index (χ2v) is 12.3. The first-order chi connectivity index (χ1) is 16.7. The summed E-state index contributed by atoms with van der Waals surface area (Å²) in [5, 5.41) is 19.7. The van der Waals surface area contributed by atoms with E-state index in [1.807, 2.05) is 0 Å². The average Bonchev–Trinajstić information content (AvgIpc) is 2.66. The molecule has 0 heterocycles. The number of aliphatic hydroxyl groups is 2. The fraction of sp³-hybridized carbons (Fsp3) is 0.957. The van der Waals surface area contributed by atoms with Crippen molar-refractivity contribution < 1.29 is 72.4 Å². The Morgan fingerprint density at radius 1 is 0.564 bits per heavy atom. The molecule has 16 heteroatoms. The second-order valence-electron chi connectivity index (χ2n) is 12.3. The molecule has 4 nitrogen and oxygen atoms in total. The van der Waals surface area contributed by atoms with Crippen LogP contribution >= 0.6 is 0 Å². The van der Waals surface area contributed by atoms with Gasteiger partial charge < -0.3 is 14.9 Å². The van der Waals surface area contributed by atoms with E-state index in [1.54, 1.807) is 0 Å². The molecular weight excluding hydrogens is 568 g/mol. The SMILES string of the molecule is CC(C)(C)C(C)(C(=O)OC1CC(C(O)(C(F)(F)F)C(F)(F)F)CC(C(O)(C(F)(F)F)C(F)(F)F)C1)C(C)(C)C. The van der Waals surface area contributed by atoms with Crippen LogP contribution in [0.15, 0.2) is 0 Å². The molecule has 2 atom stereocenters. The van der Waals surface area contributed by atoms with E-state index in [9.17, 15) is 67.7 Å². The third-order valence-electron chi connectivity index (χ3n) is 8.26. The number of hydrogen-bond acceptors (Lipinski definition) is 4. The summed E-state index contributed by atoms with van der Waals surface area (Å²) in [4.78, 5) is 13.3. The molecule has 0 aromatic carbocycles. The summed E-state index contributed by atoms with van der Waals surface area (Å²) in [6, 6.07) is 0. The zero-order valence-corrected chi connectivity index (χ0v) is 22.1. The second kappa shape index (κ2) is 9.83. The molecule has 0 bridgehead atoms. The van der Waals surface area contributed by atoms with Gasteiger partial charge in [0.05, 0.1) is 5.41 Å². The molecule has 0 amide bonds. The normalized spacial score (nSPS) is 23.6. The van der Waals surface area contributed by atoms with Crippen molar-refractivity contribution in [3.8, 4) is 0 Å². The van der Waals surface area contributed by atoms with E-state index in [4.69, 9.17) is 4.74 Å². The van der Waals surface area contributed by atoms with Crippen molar-refractivity contribution in [1.82, 2.24) is 0 Å². The van der Waals surface area contributed by atoms with Gasteiger partial charge in [-0.2, -0.15) is 52.7 Å². The fourth-order valence-electron chi connectivity index (χ4n) is 5.30. The van der Waals surface area contributed by atoms with Gasteiger partial charge in [0.1, 0.15) is 6.10 Å². The number of halogens is 12. The minimum Gasteiger partial charge on any atom is -0.462 e. The summed E-state index contributed by atoms with van der Waals surface area (Å²) in [7, 11) is 0. The Labute approximate surface area is 217 Å². The molecule has 2 N–H and O–H groups in total. The molecule has 0 aromatic heterocycles. The first-order valence-corrected chi connectivity index (χ1v) is 11.6. The van der Waals surface area contributed by atoms with Gasteiger partial charge in [0.25, 0.3) is 11.2 Å². The van der Waals surface area contributed by atoms with E-state index in [0.717, 1.165) is 0 Å².